The van der Waals surface area contributed by atoms with E-state index in [-0.39, 0.29) is 0 Å². The minimum atomic E-state index is -0.392. The lowest BCUT2D eigenvalue weighted by Crippen LogP contribution is -2.08. The SMILES string of the molecule is CCOC(=O)c1sc(Nc2ccccc2)c(-c2ccccn2)c1N=CN(C)C. The number of hydrogen-bond donors (Lipinski definition) is 1. The molecular formula is C21H22N4O2S. The van der Waals surface area contributed by atoms with Gasteiger partial charge in [-0.2, -0.15) is 0 Å². The monoisotopic (exact) mass is 394 g/mol. The molecule has 0 aliphatic heterocycles. The predicted octanol–water partition coefficient (Wildman–Crippen LogP) is 4.95. The lowest BCUT2D eigenvalue weighted by molar-refractivity contribution is 0.0533. The van der Waals surface area contributed by atoms with Crippen LogP contribution in [0.15, 0.2) is 59.7 Å². The highest BCUT2D eigenvalue weighted by Crippen LogP contribution is 2.47. The van der Waals surface area contributed by atoms with Crippen molar-refractivity contribution in [1.82, 2.24) is 9.88 Å². The third-order valence-corrected chi connectivity index (χ3v) is 4.79. The highest BCUT2D eigenvalue weighted by Gasteiger charge is 2.25. The Bertz CT molecular complexity index is 953. The standard InChI is InChI=1S/C21H22N4O2S/c1-4-27-21(26)19-18(23-14-25(2)3)17(16-12-8-9-13-22-16)20(28-19)24-15-10-6-5-7-11-15/h5-14,24H,4H2,1-3H3. The van der Waals surface area contributed by atoms with Crippen LogP contribution < -0.4 is 5.32 Å². The number of ether oxygens (including phenoxy) is 1. The van der Waals surface area contributed by atoms with Crippen LogP contribution in [0.2, 0.25) is 0 Å². The summed E-state index contributed by atoms with van der Waals surface area (Å²) in [5, 5.41) is 4.19. The summed E-state index contributed by atoms with van der Waals surface area (Å²) >= 11 is 1.32. The van der Waals surface area contributed by atoms with E-state index in [1.165, 1.54) is 11.3 Å². The van der Waals surface area contributed by atoms with Gasteiger partial charge in [0.05, 0.1) is 24.2 Å². The van der Waals surface area contributed by atoms with Crippen molar-refractivity contribution in [2.45, 2.75) is 6.92 Å². The Hall–Kier alpha value is -3.19. The van der Waals surface area contributed by atoms with E-state index in [0.717, 1.165) is 21.9 Å². The Morgan fingerprint density at radius 2 is 1.96 bits per heavy atom. The fourth-order valence-electron chi connectivity index (χ4n) is 2.54. The molecule has 28 heavy (non-hydrogen) atoms. The van der Waals surface area contributed by atoms with Crippen LogP contribution in [0, 0.1) is 0 Å². The minimum absolute atomic E-state index is 0.300. The van der Waals surface area contributed by atoms with Gasteiger partial charge in [0, 0.05) is 26.0 Å². The topological polar surface area (TPSA) is 66.8 Å². The molecule has 0 spiro atoms. The maximum absolute atomic E-state index is 12.6. The van der Waals surface area contributed by atoms with E-state index < -0.39 is 5.97 Å². The fraction of sp³-hybridized carbons (Fsp3) is 0.190. The van der Waals surface area contributed by atoms with Gasteiger partial charge in [0.1, 0.15) is 15.6 Å². The van der Waals surface area contributed by atoms with Gasteiger partial charge in [0.2, 0.25) is 0 Å². The van der Waals surface area contributed by atoms with Crippen molar-refractivity contribution in [2.24, 2.45) is 4.99 Å². The van der Waals surface area contributed by atoms with Gasteiger partial charge in [-0.3, -0.25) is 4.98 Å². The molecule has 0 fully saturated rings. The highest BCUT2D eigenvalue weighted by atomic mass is 32.1. The number of nitrogens with zero attached hydrogens (tertiary/aromatic N) is 3. The van der Waals surface area contributed by atoms with Crippen LogP contribution >= 0.6 is 11.3 Å². The largest absolute Gasteiger partial charge is 0.462 e. The molecule has 0 atom stereocenters. The molecule has 2 heterocycles. The normalized spacial score (nSPS) is 10.8. The van der Waals surface area contributed by atoms with Crippen molar-refractivity contribution in [2.75, 3.05) is 26.0 Å². The molecule has 2 aromatic heterocycles. The van der Waals surface area contributed by atoms with Crippen LogP contribution in [0.3, 0.4) is 0 Å². The summed E-state index contributed by atoms with van der Waals surface area (Å²) in [4.78, 5) is 23.9. The van der Waals surface area contributed by atoms with Crippen LogP contribution in [-0.2, 0) is 4.74 Å². The van der Waals surface area contributed by atoms with Crippen molar-refractivity contribution < 1.29 is 9.53 Å². The molecule has 0 bridgehead atoms. The number of carbonyl (C=O) groups excluding carboxylic acids is 1. The summed E-state index contributed by atoms with van der Waals surface area (Å²) in [6.45, 7) is 2.09. The van der Waals surface area contributed by atoms with Gasteiger partial charge in [-0.25, -0.2) is 9.79 Å². The minimum Gasteiger partial charge on any atom is -0.462 e. The Kier molecular flexibility index (Phi) is 6.39. The van der Waals surface area contributed by atoms with Crippen molar-refractivity contribution in [1.29, 1.82) is 0 Å². The molecule has 0 saturated heterocycles. The summed E-state index contributed by atoms with van der Waals surface area (Å²) in [7, 11) is 3.76. The number of pyridine rings is 1. The molecule has 7 heteroatoms. The number of thiophene rings is 1. The first kappa shape index (κ1) is 19.6. The Balaban J connectivity index is 2.19. The number of aliphatic imine (C=N–C) groups is 1. The van der Waals surface area contributed by atoms with Crippen LogP contribution in [-0.4, -0.2) is 42.9 Å². The number of anilines is 2. The average molecular weight is 395 g/mol. The Morgan fingerprint density at radius 1 is 1.21 bits per heavy atom. The zero-order valence-corrected chi connectivity index (χ0v) is 16.9. The van der Waals surface area contributed by atoms with Crippen LogP contribution in [0.1, 0.15) is 16.6 Å². The molecule has 0 unspecified atom stereocenters. The second-order valence-electron chi connectivity index (χ2n) is 6.12. The molecule has 6 nitrogen and oxygen atoms in total. The second-order valence-corrected chi connectivity index (χ2v) is 7.14. The lowest BCUT2D eigenvalue weighted by Gasteiger charge is -2.08. The van der Waals surface area contributed by atoms with E-state index in [0.29, 0.717) is 17.2 Å². The van der Waals surface area contributed by atoms with Gasteiger partial charge >= 0.3 is 5.97 Å². The molecule has 0 aliphatic carbocycles. The number of nitrogens with one attached hydrogen (secondary N) is 1. The van der Waals surface area contributed by atoms with Crippen molar-refractivity contribution >= 4 is 40.0 Å². The molecular weight excluding hydrogens is 372 g/mol. The quantitative estimate of drug-likeness (QED) is 0.349. The average Bonchev–Trinajstić information content (AvgIpc) is 3.06. The van der Waals surface area contributed by atoms with E-state index >= 15 is 0 Å². The second kappa shape index (κ2) is 9.14. The van der Waals surface area contributed by atoms with E-state index in [1.54, 1.807) is 19.5 Å². The Labute approximate surface area is 168 Å². The van der Waals surface area contributed by atoms with Gasteiger partial charge in [0.25, 0.3) is 0 Å². The van der Waals surface area contributed by atoms with Crippen LogP contribution in [0.25, 0.3) is 11.3 Å². The molecule has 0 saturated carbocycles. The van der Waals surface area contributed by atoms with Gasteiger partial charge < -0.3 is 15.0 Å². The maximum atomic E-state index is 12.6. The smallest absolute Gasteiger partial charge is 0.350 e. The van der Waals surface area contributed by atoms with E-state index in [4.69, 9.17) is 4.74 Å². The molecule has 3 rings (SSSR count). The van der Waals surface area contributed by atoms with Crippen molar-refractivity contribution in [3.8, 4) is 11.3 Å². The zero-order chi connectivity index (χ0) is 19.9. The fourth-order valence-corrected chi connectivity index (χ4v) is 3.61. The van der Waals surface area contributed by atoms with Crippen molar-refractivity contribution in [3.05, 3.63) is 59.6 Å². The summed E-state index contributed by atoms with van der Waals surface area (Å²) in [6.07, 6.45) is 3.40. The van der Waals surface area contributed by atoms with Crippen molar-refractivity contribution in [3.63, 3.8) is 0 Å². The number of hydrogen-bond acceptors (Lipinski definition) is 6. The number of benzene rings is 1. The molecule has 1 N–H and O–H groups in total. The van der Waals surface area contributed by atoms with Gasteiger partial charge in [-0.05, 0) is 31.2 Å². The predicted molar refractivity (Wildman–Crippen MR) is 115 cm³/mol. The summed E-state index contributed by atoms with van der Waals surface area (Å²) in [5.74, 6) is -0.392. The Morgan fingerprint density at radius 3 is 2.61 bits per heavy atom. The first-order valence-corrected chi connectivity index (χ1v) is 9.69. The first-order chi connectivity index (χ1) is 13.6. The van der Waals surface area contributed by atoms with E-state index in [2.05, 4.69) is 15.3 Å². The third-order valence-electron chi connectivity index (χ3n) is 3.71. The third kappa shape index (κ3) is 4.55. The summed E-state index contributed by atoms with van der Waals surface area (Å²) in [5.41, 5.74) is 2.98. The molecule has 3 aromatic rings. The number of aromatic nitrogens is 1. The highest BCUT2D eigenvalue weighted by molar-refractivity contribution is 7.19. The zero-order valence-electron chi connectivity index (χ0n) is 16.0. The van der Waals surface area contributed by atoms with Crippen LogP contribution in [0.5, 0.6) is 0 Å². The van der Waals surface area contributed by atoms with Gasteiger partial charge in [-0.15, -0.1) is 11.3 Å². The molecule has 1 aromatic carbocycles. The first-order valence-electron chi connectivity index (χ1n) is 8.88. The van der Waals surface area contributed by atoms with Gasteiger partial charge in [-0.1, -0.05) is 24.3 Å². The van der Waals surface area contributed by atoms with Gasteiger partial charge in [0.15, 0.2) is 0 Å². The van der Waals surface area contributed by atoms with Crippen LogP contribution in [0.4, 0.5) is 16.4 Å². The summed E-state index contributed by atoms with van der Waals surface area (Å²) in [6, 6.07) is 15.5. The number of para-hydroxylation sites is 1. The number of rotatable bonds is 7. The lowest BCUT2D eigenvalue weighted by atomic mass is 10.1. The van der Waals surface area contributed by atoms with E-state index in [9.17, 15) is 4.79 Å². The number of esters is 1. The molecule has 0 amide bonds. The molecule has 0 aliphatic rings. The number of carbonyl (C=O) groups is 1. The van der Waals surface area contributed by atoms with E-state index in [1.807, 2.05) is 67.5 Å². The molecule has 144 valence electrons. The summed E-state index contributed by atoms with van der Waals surface area (Å²) < 4.78 is 5.27. The maximum Gasteiger partial charge on any atom is 0.350 e. The molecule has 0 radical (unpaired) electrons.